The maximum Gasteiger partial charge on any atom is 0.491 e. The molecule has 0 aliphatic carbocycles. The van der Waals surface area contributed by atoms with Crippen molar-refractivity contribution in [3.05, 3.63) is 29.3 Å². The summed E-state index contributed by atoms with van der Waals surface area (Å²) in [6, 6.07) is 4.55. The van der Waals surface area contributed by atoms with Crippen molar-refractivity contribution in [1.82, 2.24) is 0 Å². The van der Waals surface area contributed by atoms with Crippen molar-refractivity contribution in [3.8, 4) is 5.75 Å². The lowest BCUT2D eigenvalue weighted by Crippen LogP contribution is -2.28. The van der Waals surface area contributed by atoms with Crippen LogP contribution in [0.2, 0.25) is 0 Å². The number of carbonyl (C=O) groups excluding carboxylic acids is 1. The van der Waals surface area contributed by atoms with E-state index in [2.05, 4.69) is 4.74 Å². The molecule has 0 N–H and O–H groups in total. The largest absolute Gasteiger partial charge is 0.491 e. The molecular formula is C10H9F3O2. The standard InChI is InChI=1S/C10H9F3O2/c1-6-3-4-8(7(2)5-6)15-9(14)10(11,12)13/h3-5H,1-2H3. The molecule has 15 heavy (non-hydrogen) atoms. The van der Waals surface area contributed by atoms with Crippen molar-refractivity contribution in [1.29, 1.82) is 0 Å². The first-order valence-electron chi connectivity index (χ1n) is 4.17. The van der Waals surface area contributed by atoms with Crippen LogP contribution in [0.4, 0.5) is 13.2 Å². The first kappa shape index (κ1) is 11.6. The van der Waals surface area contributed by atoms with Gasteiger partial charge in [-0.2, -0.15) is 13.2 Å². The molecule has 0 spiro atoms. The van der Waals surface area contributed by atoms with Gasteiger partial charge in [-0.15, -0.1) is 0 Å². The van der Waals surface area contributed by atoms with Crippen molar-refractivity contribution in [2.24, 2.45) is 0 Å². The topological polar surface area (TPSA) is 26.3 Å². The Hall–Kier alpha value is -1.52. The molecule has 1 aromatic rings. The smallest absolute Gasteiger partial charge is 0.420 e. The van der Waals surface area contributed by atoms with Crippen LogP contribution in [-0.2, 0) is 4.79 Å². The summed E-state index contributed by atoms with van der Waals surface area (Å²) in [5, 5.41) is 0. The fraction of sp³-hybridized carbons (Fsp3) is 0.300. The molecule has 0 amide bonds. The molecule has 5 heteroatoms. The summed E-state index contributed by atoms with van der Waals surface area (Å²) in [6.07, 6.45) is -4.96. The Morgan fingerprint density at radius 2 is 1.87 bits per heavy atom. The molecule has 2 nitrogen and oxygen atoms in total. The van der Waals surface area contributed by atoms with Gasteiger partial charge in [0.1, 0.15) is 5.75 Å². The maximum absolute atomic E-state index is 11.9. The number of esters is 1. The number of alkyl halides is 3. The molecule has 0 saturated carbocycles. The van der Waals surface area contributed by atoms with Gasteiger partial charge in [0.15, 0.2) is 0 Å². The third kappa shape index (κ3) is 2.97. The van der Waals surface area contributed by atoms with Gasteiger partial charge in [0.2, 0.25) is 0 Å². The summed E-state index contributed by atoms with van der Waals surface area (Å²) in [6.45, 7) is 3.37. The molecule has 0 aliphatic rings. The van der Waals surface area contributed by atoms with E-state index < -0.39 is 12.1 Å². The van der Waals surface area contributed by atoms with E-state index in [0.717, 1.165) is 5.56 Å². The van der Waals surface area contributed by atoms with Crippen LogP contribution in [0.5, 0.6) is 5.75 Å². The van der Waals surface area contributed by atoms with Gasteiger partial charge >= 0.3 is 12.1 Å². The van der Waals surface area contributed by atoms with Crippen molar-refractivity contribution in [2.45, 2.75) is 20.0 Å². The fourth-order valence-electron chi connectivity index (χ4n) is 1.07. The molecule has 0 unspecified atom stereocenters. The van der Waals surface area contributed by atoms with E-state index in [1.54, 1.807) is 26.0 Å². The van der Waals surface area contributed by atoms with Crippen LogP contribution in [0.15, 0.2) is 18.2 Å². The Labute approximate surface area is 84.7 Å². The van der Waals surface area contributed by atoms with Crippen LogP contribution in [0, 0.1) is 13.8 Å². The number of benzene rings is 1. The first-order valence-corrected chi connectivity index (χ1v) is 4.17. The monoisotopic (exact) mass is 218 g/mol. The highest BCUT2D eigenvalue weighted by molar-refractivity contribution is 5.78. The summed E-state index contributed by atoms with van der Waals surface area (Å²) < 4.78 is 39.8. The molecule has 0 atom stereocenters. The SMILES string of the molecule is Cc1ccc(OC(=O)C(F)(F)F)c(C)c1. The minimum atomic E-state index is -4.96. The predicted molar refractivity (Wildman–Crippen MR) is 47.6 cm³/mol. The number of halogens is 3. The summed E-state index contributed by atoms with van der Waals surface area (Å²) in [4.78, 5) is 10.5. The van der Waals surface area contributed by atoms with Crippen molar-refractivity contribution in [3.63, 3.8) is 0 Å². The molecule has 0 aromatic heterocycles. The van der Waals surface area contributed by atoms with E-state index in [9.17, 15) is 18.0 Å². The molecule has 0 fully saturated rings. The van der Waals surface area contributed by atoms with Crippen molar-refractivity contribution in [2.75, 3.05) is 0 Å². The van der Waals surface area contributed by atoms with Gasteiger partial charge in [-0.1, -0.05) is 17.7 Å². The van der Waals surface area contributed by atoms with Crippen LogP contribution in [0.25, 0.3) is 0 Å². The van der Waals surface area contributed by atoms with Gasteiger partial charge in [-0.3, -0.25) is 0 Å². The van der Waals surface area contributed by atoms with Crippen molar-refractivity contribution < 1.29 is 22.7 Å². The summed E-state index contributed by atoms with van der Waals surface area (Å²) in [7, 11) is 0. The quantitative estimate of drug-likeness (QED) is 0.535. The molecule has 1 rings (SSSR count). The summed E-state index contributed by atoms with van der Waals surface area (Å²) in [5.41, 5.74) is 1.38. The fourth-order valence-corrected chi connectivity index (χ4v) is 1.07. The molecular weight excluding hydrogens is 209 g/mol. The Balaban J connectivity index is 2.87. The minimum Gasteiger partial charge on any atom is -0.420 e. The Morgan fingerprint density at radius 3 is 2.33 bits per heavy atom. The number of ether oxygens (including phenoxy) is 1. The number of carbonyl (C=O) groups is 1. The molecule has 0 radical (unpaired) electrons. The maximum atomic E-state index is 11.9. The molecule has 0 heterocycles. The van der Waals surface area contributed by atoms with E-state index in [0.29, 0.717) is 5.56 Å². The van der Waals surface area contributed by atoms with Crippen LogP contribution in [0.3, 0.4) is 0 Å². The van der Waals surface area contributed by atoms with Crippen LogP contribution in [0.1, 0.15) is 11.1 Å². The Kier molecular flexibility index (Phi) is 3.02. The lowest BCUT2D eigenvalue weighted by Gasteiger charge is -2.09. The number of hydrogen-bond acceptors (Lipinski definition) is 2. The van der Waals surface area contributed by atoms with Gasteiger partial charge in [0.25, 0.3) is 0 Å². The Bertz CT molecular complexity index is 383. The molecule has 1 aromatic carbocycles. The number of aryl methyl sites for hydroxylation is 2. The highest BCUT2D eigenvalue weighted by Gasteiger charge is 2.41. The van der Waals surface area contributed by atoms with Gasteiger partial charge < -0.3 is 4.74 Å². The van der Waals surface area contributed by atoms with E-state index in [1.807, 2.05) is 0 Å². The van der Waals surface area contributed by atoms with E-state index in [1.165, 1.54) is 6.07 Å². The van der Waals surface area contributed by atoms with E-state index in [-0.39, 0.29) is 5.75 Å². The zero-order chi connectivity index (χ0) is 11.6. The minimum absolute atomic E-state index is 0.0667. The van der Waals surface area contributed by atoms with Crippen LogP contribution >= 0.6 is 0 Å². The second-order valence-corrected chi connectivity index (χ2v) is 3.16. The molecule has 0 aliphatic heterocycles. The highest BCUT2D eigenvalue weighted by Crippen LogP contribution is 2.23. The number of rotatable bonds is 1. The normalized spacial score (nSPS) is 11.3. The van der Waals surface area contributed by atoms with Gasteiger partial charge in [-0.05, 0) is 25.5 Å². The summed E-state index contributed by atoms with van der Waals surface area (Å²) >= 11 is 0. The van der Waals surface area contributed by atoms with Crippen LogP contribution < -0.4 is 4.74 Å². The lowest BCUT2D eigenvalue weighted by atomic mass is 10.1. The Morgan fingerprint density at radius 1 is 1.27 bits per heavy atom. The van der Waals surface area contributed by atoms with Crippen molar-refractivity contribution >= 4 is 5.97 Å². The van der Waals surface area contributed by atoms with Gasteiger partial charge in [-0.25, -0.2) is 4.79 Å². The van der Waals surface area contributed by atoms with Gasteiger partial charge in [0, 0.05) is 0 Å². The van der Waals surface area contributed by atoms with E-state index in [4.69, 9.17) is 0 Å². The number of hydrogen-bond donors (Lipinski definition) is 0. The van der Waals surface area contributed by atoms with E-state index >= 15 is 0 Å². The molecule has 0 saturated heterocycles. The predicted octanol–water partition coefficient (Wildman–Crippen LogP) is 2.77. The highest BCUT2D eigenvalue weighted by atomic mass is 19.4. The zero-order valence-electron chi connectivity index (χ0n) is 8.18. The summed E-state index contributed by atoms with van der Waals surface area (Å²) in [5.74, 6) is -2.27. The first-order chi connectivity index (χ1) is 6.80. The lowest BCUT2D eigenvalue weighted by molar-refractivity contribution is -0.189. The average Bonchev–Trinajstić information content (AvgIpc) is 2.08. The third-order valence-corrected chi connectivity index (χ3v) is 1.76. The third-order valence-electron chi connectivity index (χ3n) is 1.76. The second-order valence-electron chi connectivity index (χ2n) is 3.16. The molecule has 82 valence electrons. The van der Waals surface area contributed by atoms with Gasteiger partial charge in [0.05, 0.1) is 0 Å². The second kappa shape index (κ2) is 3.92. The molecule has 0 bridgehead atoms. The zero-order valence-corrected chi connectivity index (χ0v) is 8.18. The average molecular weight is 218 g/mol. The van der Waals surface area contributed by atoms with Crippen LogP contribution in [-0.4, -0.2) is 12.1 Å².